The van der Waals surface area contributed by atoms with Gasteiger partial charge in [-0.05, 0) is 0 Å². The second-order valence-electron chi connectivity index (χ2n) is 4.54. The topological polar surface area (TPSA) is 0 Å². The summed E-state index contributed by atoms with van der Waals surface area (Å²) in [5.74, 6) is 0. The zero-order valence-corrected chi connectivity index (χ0v) is 11.8. The molecule has 0 heterocycles. The van der Waals surface area contributed by atoms with Crippen LogP contribution < -0.4 is 0 Å². The first-order valence-electron chi connectivity index (χ1n) is 7.33. The zero-order chi connectivity index (χ0) is 11.8. The van der Waals surface area contributed by atoms with E-state index < -0.39 is 0 Å². The fourth-order valence-electron chi connectivity index (χ4n) is 1.56. The van der Waals surface area contributed by atoms with Crippen LogP contribution in [0.5, 0.6) is 0 Å². The molecule has 0 saturated carbocycles. The van der Waals surface area contributed by atoms with Crippen LogP contribution in [0.3, 0.4) is 0 Å². The van der Waals surface area contributed by atoms with Crippen molar-refractivity contribution in [3.63, 3.8) is 0 Å². The van der Waals surface area contributed by atoms with Gasteiger partial charge in [-0.1, -0.05) is 98.3 Å². The minimum atomic E-state index is 1.25. The first-order chi connectivity index (χ1) is 7.33. The molecule has 0 heteroatoms. The Bertz CT molecular complexity index is 66.1. The van der Waals surface area contributed by atoms with Crippen molar-refractivity contribution >= 4 is 0 Å². The minimum Gasteiger partial charge on any atom is -0.0656 e. The summed E-state index contributed by atoms with van der Waals surface area (Å²) in [4.78, 5) is 0. The van der Waals surface area contributed by atoms with Gasteiger partial charge < -0.3 is 0 Å². The van der Waals surface area contributed by atoms with Crippen molar-refractivity contribution in [2.24, 2.45) is 0 Å². The van der Waals surface area contributed by atoms with Crippen LogP contribution in [0, 0.1) is 0 Å². The molecule has 0 radical (unpaired) electrons. The highest BCUT2D eigenvalue weighted by Crippen LogP contribution is 2.09. The van der Waals surface area contributed by atoms with E-state index in [1.54, 1.807) is 0 Å². The van der Waals surface area contributed by atoms with Gasteiger partial charge in [-0.3, -0.25) is 0 Å². The Kier molecular flexibility index (Phi) is 22.7. The van der Waals surface area contributed by atoms with E-state index >= 15 is 0 Å². The van der Waals surface area contributed by atoms with Crippen molar-refractivity contribution in [1.29, 1.82) is 0 Å². The predicted molar refractivity (Wildman–Crippen MR) is 73.5 cm³/mol. The van der Waals surface area contributed by atoms with Crippen LogP contribution in [0.25, 0.3) is 0 Å². The van der Waals surface area contributed by atoms with Crippen molar-refractivity contribution in [3.8, 4) is 0 Å². The van der Waals surface area contributed by atoms with Gasteiger partial charge in [-0.25, -0.2) is 0 Å². The fourth-order valence-corrected chi connectivity index (χ4v) is 1.56. The van der Waals surface area contributed by atoms with Crippen molar-refractivity contribution < 1.29 is 0 Å². The molecule has 0 aliphatic heterocycles. The van der Waals surface area contributed by atoms with E-state index in [9.17, 15) is 0 Å². The molecule has 0 atom stereocenters. The summed E-state index contributed by atoms with van der Waals surface area (Å²) < 4.78 is 0. The molecular formula is C15H34. The average Bonchev–Trinajstić information content (AvgIpc) is 2.23. The fraction of sp³-hybridized carbons (Fsp3) is 1.00. The predicted octanol–water partition coefficient (Wildman–Crippen LogP) is 6.34. The molecule has 0 saturated heterocycles. The molecule has 94 valence electrons. The molecule has 0 fully saturated rings. The Hall–Kier alpha value is 0. The van der Waals surface area contributed by atoms with Crippen molar-refractivity contribution in [2.75, 3.05) is 0 Å². The maximum absolute atomic E-state index is 2.28. The first-order valence-corrected chi connectivity index (χ1v) is 7.33. The van der Waals surface area contributed by atoms with Crippen LogP contribution in [-0.2, 0) is 0 Å². The van der Waals surface area contributed by atoms with Crippen LogP contribution in [-0.4, -0.2) is 0 Å². The second-order valence-corrected chi connectivity index (χ2v) is 4.54. The van der Waals surface area contributed by atoms with E-state index in [2.05, 4.69) is 27.7 Å². The highest BCUT2D eigenvalue weighted by atomic mass is 14.0. The summed E-state index contributed by atoms with van der Waals surface area (Å²) in [5.41, 5.74) is 0. The third kappa shape index (κ3) is 24.9. The largest absolute Gasteiger partial charge is 0.0656 e. The van der Waals surface area contributed by atoms with Gasteiger partial charge in [0, 0.05) is 0 Å². The lowest BCUT2D eigenvalue weighted by molar-refractivity contribution is 0.562. The van der Waals surface area contributed by atoms with Crippen LogP contribution >= 0.6 is 0 Å². The minimum absolute atomic E-state index is 1.25. The van der Waals surface area contributed by atoms with E-state index in [1.807, 2.05) is 0 Å². The Balaban J connectivity index is 0. The van der Waals surface area contributed by atoms with Crippen LogP contribution in [0.2, 0.25) is 0 Å². The summed E-state index contributed by atoms with van der Waals surface area (Å²) in [6, 6.07) is 0. The molecule has 0 rings (SSSR count). The Morgan fingerprint density at radius 3 is 0.800 bits per heavy atom. The lowest BCUT2D eigenvalue weighted by Crippen LogP contribution is -1.80. The number of unbranched alkanes of at least 4 members (excludes halogenated alkanes) is 9. The van der Waals surface area contributed by atoms with E-state index in [1.165, 1.54) is 70.6 Å². The quantitative estimate of drug-likeness (QED) is 0.393. The van der Waals surface area contributed by atoms with Gasteiger partial charge >= 0.3 is 0 Å². The van der Waals surface area contributed by atoms with Crippen LogP contribution in [0.4, 0.5) is 0 Å². The van der Waals surface area contributed by atoms with Crippen LogP contribution in [0.15, 0.2) is 0 Å². The van der Waals surface area contributed by atoms with Gasteiger partial charge in [0.2, 0.25) is 0 Å². The van der Waals surface area contributed by atoms with Gasteiger partial charge in [0.15, 0.2) is 0 Å². The summed E-state index contributed by atoms with van der Waals surface area (Å²) in [7, 11) is 0. The first kappa shape index (κ1) is 17.4. The van der Waals surface area contributed by atoms with E-state index in [4.69, 9.17) is 0 Å². The van der Waals surface area contributed by atoms with Gasteiger partial charge in [0.25, 0.3) is 0 Å². The third-order valence-corrected chi connectivity index (χ3v) is 2.46. The molecule has 0 spiro atoms. The average molecular weight is 214 g/mol. The molecule has 0 amide bonds. The van der Waals surface area contributed by atoms with E-state index in [-0.39, 0.29) is 0 Å². The van der Waals surface area contributed by atoms with Gasteiger partial charge in [-0.2, -0.15) is 0 Å². The Morgan fingerprint density at radius 2 is 0.600 bits per heavy atom. The highest BCUT2D eigenvalue weighted by molar-refractivity contribution is 4.45. The SMILES string of the molecule is CCC.CCCCCCCCCCCC. The number of hydrogen-bond acceptors (Lipinski definition) is 0. The summed E-state index contributed by atoms with van der Waals surface area (Å²) >= 11 is 0. The van der Waals surface area contributed by atoms with Gasteiger partial charge in [-0.15, -0.1) is 0 Å². The van der Waals surface area contributed by atoms with Gasteiger partial charge in [0.1, 0.15) is 0 Å². The third-order valence-electron chi connectivity index (χ3n) is 2.46. The molecule has 0 aliphatic rings. The molecule has 0 unspecified atom stereocenters. The normalized spacial score (nSPS) is 9.60. The Labute approximate surface area is 98.9 Å². The molecule has 0 aromatic rings. The summed E-state index contributed by atoms with van der Waals surface area (Å²) in [6.45, 7) is 8.81. The second kappa shape index (κ2) is 19.6. The molecule has 0 N–H and O–H groups in total. The molecule has 0 bridgehead atoms. The molecule has 0 aliphatic carbocycles. The molecular weight excluding hydrogens is 180 g/mol. The molecule has 0 nitrogen and oxygen atoms in total. The lowest BCUT2D eigenvalue weighted by Gasteiger charge is -1.99. The lowest BCUT2D eigenvalue weighted by atomic mass is 10.1. The smallest absolute Gasteiger partial charge is 0.0533 e. The summed E-state index contributed by atoms with van der Waals surface area (Å²) in [5, 5.41) is 0. The van der Waals surface area contributed by atoms with Crippen molar-refractivity contribution in [2.45, 2.75) is 98.3 Å². The maximum atomic E-state index is 2.28. The molecule has 15 heavy (non-hydrogen) atoms. The van der Waals surface area contributed by atoms with Crippen molar-refractivity contribution in [3.05, 3.63) is 0 Å². The monoisotopic (exact) mass is 214 g/mol. The highest BCUT2D eigenvalue weighted by Gasteiger charge is 1.90. The number of rotatable bonds is 9. The van der Waals surface area contributed by atoms with Crippen molar-refractivity contribution in [1.82, 2.24) is 0 Å². The summed E-state index contributed by atoms with van der Waals surface area (Å²) in [6.07, 6.45) is 15.7. The molecule has 0 aromatic carbocycles. The standard InChI is InChI=1S/C12H26.C3H8/c1-3-5-7-9-11-12-10-8-6-4-2;1-3-2/h3-12H2,1-2H3;3H2,1-2H3. The Morgan fingerprint density at radius 1 is 0.400 bits per heavy atom. The van der Waals surface area contributed by atoms with Gasteiger partial charge in [0.05, 0.1) is 0 Å². The van der Waals surface area contributed by atoms with E-state index in [0.29, 0.717) is 0 Å². The maximum Gasteiger partial charge on any atom is -0.0533 e. The van der Waals surface area contributed by atoms with E-state index in [0.717, 1.165) is 0 Å². The zero-order valence-electron chi connectivity index (χ0n) is 11.8. The van der Waals surface area contributed by atoms with Crippen LogP contribution in [0.1, 0.15) is 98.3 Å². The molecule has 0 aromatic heterocycles. The number of hydrogen-bond donors (Lipinski definition) is 0.